The first-order chi connectivity index (χ1) is 12.8. The number of furan rings is 1. The number of fused-ring (bicyclic) bond motifs is 1. The van der Waals surface area contributed by atoms with Crippen molar-refractivity contribution in [1.82, 2.24) is 5.32 Å². The number of hydrogen-bond donors (Lipinski definition) is 2. The third-order valence-electron chi connectivity index (χ3n) is 5.57. The maximum Gasteiger partial charge on any atom is 0.258 e. The van der Waals surface area contributed by atoms with Crippen molar-refractivity contribution in [2.45, 2.75) is 38.1 Å². The zero-order valence-electron chi connectivity index (χ0n) is 15.1. The summed E-state index contributed by atoms with van der Waals surface area (Å²) in [7, 11) is 0. The molecule has 2 N–H and O–H groups in total. The van der Waals surface area contributed by atoms with E-state index in [-0.39, 0.29) is 18.6 Å². The molecule has 1 amide bonds. The number of likely N-dealkylation sites (tertiary alicyclic amines) is 1. The molecule has 138 valence electrons. The second-order valence-corrected chi connectivity index (χ2v) is 7.31. The van der Waals surface area contributed by atoms with E-state index in [1.807, 2.05) is 18.2 Å². The van der Waals surface area contributed by atoms with Gasteiger partial charge in [-0.05, 0) is 54.7 Å². The van der Waals surface area contributed by atoms with Gasteiger partial charge in [-0.25, -0.2) is 0 Å². The topological polar surface area (TPSA) is 55.9 Å². The average Bonchev–Trinajstić information content (AvgIpc) is 3.41. The molecule has 0 saturated carbocycles. The van der Waals surface area contributed by atoms with Crippen LogP contribution in [0.25, 0.3) is 0 Å². The molecule has 0 unspecified atom stereocenters. The Balaban J connectivity index is 1.29. The van der Waals surface area contributed by atoms with Crippen LogP contribution < -0.4 is 15.0 Å². The van der Waals surface area contributed by atoms with Gasteiger partial charge in [0.15, 0.2) is 18.4 Å². The summed E-state index contributed by atoms with van der Waals surface area (Å²) in [5.74, 6) is 1.65. The molecule has 2 heterocycles. The van der Waals surface area contributed by atoms with Crippen molar-refractivity contribution < 1.29 is 18.8 Å². The third kappa shape index (κ3) is 3.93. The van der Waals surface area contributed by atoms with E-state index in [0.717, 1.165) is 37.4 Å². The van der Waals surface area contributed by atoms with Gasteiger partial charge in [-0.15, -0.1) is 0 Å². The Bertz CT molecular complexity index is 736. The van der Waals surface area contributed by atoms with Gasteiger partial charge in [0.1, 0.15) is 5.75 Å². The minimum Gasteiger partial charge on any atom is -0.484 e. The number of amides is 1. The molecule has 5 nitrogen and oxygen atoms in total. The van der Waals surface area contributed by atoms with Crippen LogP contribution in [0.15, 0.2) is 41.0 Å². The highest BCUT2D eigenvalue weighted by molar-refractivity contribution is 5.77. The highest BCUT2D eigenvalue weighted by Crippen LogP contribution is 2.25. The lowest BCUT2D eigenvalue weighted by molar-refractivity contribution is -0.919. The molecule has 2 aromatic rings. The van der Waals surface area contributed by atoms with Crippen molar-refractivity contribution in [2.75, 3.05) is 26.2 Å². The Labute approximate surface area is 154 Å². The van der Waals surface area contributed by atoms with Crippen LogP contribution in [0.1, 0.15) is 42.2 Å². The van der Waals surface area contributed by atoms with Crippen molar-refractivity contribution in [3.05, 3.63) is 53.5 Å². The number of benzene rings is 1. The first kappa shape index (κ1) is 17.2. The molecular weight excluding hydrogens is 328 g/mol. The lowest BCUT2D eigenvalue weighted by Gasteiger charge is -2.23. The van der Waals surface area contributed by atoms with Crippen LogP contribution >= 0.6 is 0 Å². The Morgan fingerprint density at radius 3 is 2.81 bits per heavy atom. The normalized spacial score (nSPS) is 17.8. The van der Waals surface area contributed by atoms with Gasteiger partial charge in [0.2, 0.25) is 0 Å². The molecule has 5 heteroatoms. The first-order valence-corrected chi connectivity index (χ1v) is 9.69. The van der Waals surface area contributed by atoms with Gasteiger partial charge in [-0.1, -0.05) is 6.07 Å². The second kappa shape index (κ2) is 7.96. The van der Waals surface area contributed by atoms with Crippen LogP contribution in [0.5, 0.6) is 5.75 Å². The van der Waals surface area contributed by atoms with E-state index in [2.05, 4.69) is 17.4 Å². The van der Waals surface area contributed by atoms with Gasteiger partial charge >= 0.3 is 0 Å². The standard InChI is InChI=1S/C21H26N2O3/c24-21(15-26-18-9-8-16-5-3-6-17(16)13-18)22-14-19(20-7-4-12-25-20)23-10-1-2-11-23/h4,7-9,12-13,19H,1-3,5-6,10-11,14-15H2,(H,22,24)/p+1/t19-/m0/s1. The van der Waals surface area contributed by atoms with Crippen LogP contribution in [0.4, 0.5) is 0 Å². The maximum absolute atomic E-state index is 12.3. The van der Waals surface area contributed by atoms with E-state index < -0.39 is 0 Å². The number of carbonyl (C=O) groups is 1. The number of quaternary nitrogens is 1. The van der Waals surface area contributed by atoms with E-state index >= 15 is 0 Å². The maximum atomic E-state index is 12.3. The largest absolute Gasteiger partial charge is 0.484 e. The highest BCUT2D eigenvalue weighted by Gasteiger charge is 2.29. The van der Waals surface area contributed by atoms with E-state index in [9.17, 15) is 4.79 Å². The van der Waals surface area contributed by atoms with Gasteiger partial charge in [0.25, 0.3) is 5.91 Å². The third-order valence-corrected chi connectivity index (χ3v) is 5.57. The molecule has 1 aromatic carbocycles. The lowest BCUT2D eigenvalue weighted by Crippen LogP contribution is -3.11. The molecule has 1 saturated heterocycles. The monoisotopic (exact) mass is 355 g/mol. The number of aryl methyl sites for hydroxylation is 2. The average molecular weight is 355 g/mol. The molecule has 1 fully saturated rings. The second-order valence-electron chi connectivity index (χ2n) is 7.31. The van der Waals surface area contributed by atoms with Crippen LogP contribution in [0, 0.1) is 0 Å². The molecule has 1 aliphatic carbocycles. The summed E-state index contributed by atoms with van der Waals surface area (Å²) in [5.41, 5.74) is 2.77. The fourth-order valence-electron chi connectivity index (χ4n) is 4.17. The van der Waals surface area contributed by atoms with Gasteiger partial charge in [0.05, 0.1) is 25.9 Å². The molecule has 0 radical (unpaired) electrons. The molecule has 2 aliphatic rings. The zero-order chi connectivity index (χ0) is 17.8. The number of hydrogen-bond acceptors (Lipinski definition) is 3. The molecule has 0 spiro atoms. The van der Waals surface area contributed by atoms with Gasteiger partial charge in [-0.2, -0.15) is 0 Å². The fraction of sp³-hybridized carbons (Fsp3) is 0.476. The van der Waals surface area contributed by atoms with E-state index in [1.54, 1.807) is 6.26 Å². The first-order valence-electron chi connectivity index (χ1n) is 9.69. The molecule has 26 heavy (non-hydrogen) atoms. The molecule has 0 bridgehead atoms. The predicted octanol–water partition coefficient (Wildman–Crippen LogP) is 1.68. The molecular formula is C21H27N2O3+. The quantitative estimate of drug-likeness (QED) is 0.795. The Kier molecular flexibility index (Phi) is 5.25. The van der Waals surface area contributed by atoms with E-state index in [1.165, 1.54) is 35.3 Å². The van der Waals surface area contributed by atoms with Crippen LogP contribution in [0.2, 0.25) is 0 Å². The lowest BCUT2D eigenvalue weighted by atomic mass is 10.1. The molecule has 4 rings (SSSR count). The van der Waals surface area contributed by atoms with Crippen molar-refractivity contribution in [3.8, 4) is 5.75 Å². The van der Waals surface area contributed by atoms with Crippen LogP contribution in [0.3, 0.4) is 0 Å². The summed E-state index contributed by atoms with van der Waals surface area (Å²) < 4.78 is 11.3. The number of rotatable bonds is 7. The van der Waals surface area contributed by atoms with Crippen LogP contribution in [-0.4, -0.2) is 32.1 Å². The minimum atomic E-state index is -0.0827. The van der Waals surface area contributed by atoms with Crippen molar-refractivity contribution >= 4 is 5.91 Å². The van der Waals surface area contributed by atoms with Gasteiger partial charge in [-0.3, -0.25) is 4.79 Å². The number of ether oxygens (including phenoxy) is 1. The van der Waals surface area contributed by atoms with E-state index in [0.29, 0.717) is 6.54 Å². The summed E-state index contributed by atoms with van der Waals surface area (Å²) in [6.45, 7) is 2.90. The fourth-order valence-corrected chi connectivity index (χ4v) is 4.17. The van der Waals surface area contributed by atoms with Gasteiger partial charge < -0.3 is 19.4 Å². The molecule has 1 aromatic heterocycles. The van der Waals surface area contributed by atoms with E-state index in [4.69, 9.17) is 9.15 Å². The SMILES string of the molecule is O=C(COc1ccc2c(c1)CCC2)NC[C@@H](c1ccco1)[NH+]1CCCC1. The van der Waals surface area contributed by atoms with Crippen LogP contribution in [-0.2, 0) is 17.6 Å². The summed E-state index contributed by atoms with van der Waals surface area (Å²) in [5, 5.41) is 3.03. The summed E-state index contributed by atoms with van der Waals surface area (Å²) >= 11 is 0. The Morgan fingerprint density at radius 1 is 1.15 bits per heavy atom. The van der Waals surface area contributed by atoms with Gasteiger partial charge in [0, 0.05) is 12.8 Å². The summed E-state index contributed by atoms with van der Waals surface area (Å²) in [6, 6.07) is 10.3. The molecule has 1 aliphatic heterocycles. The summed E-state index contributed by atoms with van der Waals surface area (Å²) in [6.07, 6.45) is 7.66. The Hall–Kier alpha value is -2.27. The minimum absolute atomic E-state index is 0.0546. The number of nitrogens with one attached hydrogen (secondary N) is 2. The zero-order valence-corrected chi connectivity index (χ0v) is 15.1. The van der Waals surface area contributed by atoms with Crippen molar-refractivity contribution in [1.29, 1.82) is 0 Å². The molecule has 1 atom stereocenters. The Morgan fingerprint density at radius 2 is 2.00 bits per heavy atom. The predicted molar refractivity (Wildman–Crippen MR) is 98.4 cm³/mol. The number of carbonyl (C=O) groups excluding carboxylic acids is 1. The highest BCUT2D eigenvalue weighted by atomic mass is 16.5. The summed E-state index contributed by atoms with van der Waals surface area (Å²) in [4.78, 5) is 13.7. The van der Waals surface area contributed by atoms with Crippen molar-refractivity contribution in [3.63, 3.8) is 0 Å². The van der Waals surface area contributed by atoms with Crippen molar-refractivity contribution in [2.24, 2.45) is 0 Å². The smallest absolute Gasteiger partial charge is 0.258 e.